The lowest BCUT2D eigenvalue weighted by molar-refractivity contribution is -0.132. The van der Waals surface area contributed by atoms with E-state index in [1.807, 2.05) is 6.92 Å². The summed E-state index contributed by atoms with van der Waals surface area (Å²) >= 11 is 0. The maximum absolute atomic E-state index is 13.3. The molecule has 33 heavy (non-hydrogen) atoms. The number of likely N-dealkylation sites (tertiary alicyclic amines) is 1. The van der Waals surface area contributed by atoms with Gasteiger partial charge in [-0.15, -0.1) is 0 Å². The van der Waals surface area contributed by atoms with Crippen LogP contribution in [0.1, 0.15) is 62.6 Å². The molecule has 0 aromatic carbocycles. The highest BCUT2D eigenvalue weighted by molar-refractivity contribution is 5.92. The van der Waals surface area contributed by atoms with Gasteiger partial charge in [-0.1, -0.05) is 20.8 Å². The molecule has 8 heteroatoms. The smallest absolute Gasteiger partial charge is 0.274 e. The van der Waals surface area contributed by atoms with Crippen LogP contribution < -0.4 is 0 Å². The van der Waals surface area contributed by atoms with E-state index in [4.69, 9.17) is 4.74 Å². The zero-order valence-electron chi connectivity index (χ0n) is 20.7. The molecule has 2 bridgehead atoms. The Morgan fingerprint density at radius 3 is 2.58 bits per heavy atom. The molecule has 8 nitrogen and oxygen atoms in total. The molecule has 0 spiro atoms. The van der Waals surface area contributed by atoms with E-state index in [0.717, 1.165) is 64.3 Å². The highest BCUT2D eigenvalue weighted by Gasteiger charge is 2.50. The molecule has 1 saturated carbocycles. The summed E-state index contributed by atoms with van der Waals surface area (Å²) in [7, 11) is 0. The minimum atomic E-state index is -0.156. The van der Waals surface area contributed by atoms with E-state index in [0.29, 0.717) is 31.2 Å². The quantitative estimate of drug-likeness (QED) is 0.626. The number of morpholine rings is 1. The van der Waals surface area contributed by atoms with Crippen molar-refractivity contribution in [2.75, 3.05) is 52.5 Å². The molecule has 1 aromatic rings. The van der Waals surface area contributed by atoms with Crippen LogP contribution in [0.15, 0.2) is 12.4 Å². The first-order chi connectivity index (χ1) is 15.6. The van der Waals surface area contributed by atoms with E-state index in [2.05, 4.69) is 40.5 Å². The molecule has 0 N–H and O–H groups in total. The standard InChI is InChI=1S/C25H39N5O3/c1-19-15-27-21(16-26-19)23(32)29(8-7-28-9-11-33-12-10-28)6-5-22(31)30-18-25(4)14-20(30)13-24(2,3)17-25/h15-16,20H,5-14,17-18H2,1-4H3. The lowest BCUT2D eigenvalue weighted by Gasteiger charge is -2.39. The molecule has 2 unspecified atom stereocenters. The van der Waals surface area contributed by atoms with Crippen LogP contribution in [0.4, 0.5) is 0 Å². The van der Waals surface area contributed by atoms with E-state index in [1.54, 1.807) is 11.1 Å². The highest BCUT2D eigenvalue weighted by atomic mass is 16.5. The average molecular weight is 458 g/mol. The average Bonchev–Trinajstić information content (AvgIpc) is 3.03. The van der Waals surface area contributed by atoms with Crippen LogP contribution in [0, 0.1) is 17.8 Å². The van der Waals surface area contributed by atoms with E-state index < -0.39 is 0 Å². The Kier molecular flexibility index (Phi) is 7.05. The van der Waals surface area contributed by atoms with Gasteiger partial charge in [0.15, 0.2) is 0 Å². The number of nitrogens with zero attached hydrogens (tertiary/aromatic N) is 5. The van der Waals surface area contributed by atoms with Crippen molar-refractivity contribution in [1.82, 2.24) is 24.7 Å². The Labute approximate surface area is 197 Å². The molecule has 3 aliphatic rings. The topological polar surface area (TPSA) is 78.9 Å². The summed E-state index contributed by atoms with van der Waals surface area (Å²) in [5.74, 6) is 0.0115. The third-order valence-corrected chi connectivity index (χ3v) is 7.41. The highest BCUT2D eigenvalue weighted by Crippen LogP contribution is 2.52. The van der Waals surface area contributed by atoms with Gasteiger partial charge in [0.2, 0.25) is 5.91 Å². The van der Waals surface area contributed by atoms with Crippen molar-refractivity contribution in [2.24, 2.45) is 10.8 Å². The first kappa shape index (κ1) is 24.1. The van der Waals surface area contributed by atoms with Crippen LogP contribution in [0.2, 0.25) is 0 Å². The second-order valence-electron chi connectivity index (χ2n) is 11.3. The molecule has 3 heterocycles. The third kappa shape index (κ3) is 5.90. The molecule has 2 atom stereocenters. The minimum absolute atomic E-state index is 0.156. The lowest BCUT2D eigenvalue weighted by Crippen LogP contribution is -2.45. The molecule has 2 saturated heterocycles. The van der Waals surface area contributed by atoms with E-state index in [1.165, 1.54) is 6.20 Å². The molecule has 4 rings (SSSR count). The predicted molar refractivity (Wildman–Crippen MR) is 126 cm³/mol. The lowest BCUT2D eigenvalue weighted by atomic mass is 9.65. The summed E-state index contributed by atoms with van der Waals surface area (Å²) in [6.45, 7) is 14.6. The third-order valence-electron chi connectivity index (χ3n) is 7.41. The first-order valence-electron chi connectivity index (χ1n) is 12.3. The predicted octanol–water partition coefficient (Wildman–Crippen LogP) is 2.38. The summed E-state index contributed by atoms with van der Waals surface area (Å²) in [5.41, 5.74) is 1.60. The van der Waals surface area contributed by atoms with Gasteiger partial charge < -0.3 is 14.5 Å². The van der Waals surface area contributed by atoms with Crippen molar-refractivity contribution in [3.63, 3.8) is 0 Å². The Morgan fingerprint density at radius 1 is 1.12 bits per heavy atom. The van der Waals surface area contributed by atoms with E-state index in [9.17, 15) is 9.59 Å². The summed E-state index contributed by atoms with van der Waals surface area (Å²) in [6.07, 6.45) is 6.82. The van der Waals surface area contributed by atoms with E-state index >= 15 is 0 Å². The van der Waals surface area contributed by atoms with Crippen LogP contribution in [0.5, 0.6) is 0 Å². The van der Waals surface area contributed by atoms with Gasteiger partial charge in [0.05, 0.1) is 25.1 Å². The van der Waals surface area contributed by atoms with Crippen molar-refractivity contribution in [2.45, 2.75) is 59.4 Å². The molecule has 3 fully saturated rings. The van der Waals surface area contributed by atoms with Crippen molar-refractivity contribution < 1.29 is 14.3 Å². The number of amides is 2. The number of aromatic nitrogens is 2. The number of fused-ring (bicyclic) bond motifs is 2. The fraction of sp³-hybridized carbons (Fsp3) is 0.760. The molecular weight excluding hydrogens is 418 g/mol. The zero-order chi connectivity index (χ0) is 23.6. The maximum Gasteiger partial charge on any atom is 0.274 e. The number of hydrogen-bond acceptors (Lipinski definition) is 6. The van der Waals surface area contributed by atoms with Gasteiger partial charge in [-0.3, -0.25) is 19.5 Å². The van der Waals surface area contributed by atoms with Crippen LogP contribution >= 0.6 is 0 Å². The monoisotopic (exact) mass is 457 g/mol. The molecule has 182 valence electrons. The molecule has 1 aliphatic carbocycles. The zero-order valence-corrected chi connectivity index (χ0v) is 20.7. The Bertz CT molecular complexity index is 852. The molecular formula is C25H39N5O3. The number of carbonyl (C=O) groups excluding carboxylic acids is 2. The number of ether oxygens (including phenoxy) is 1. The fourth-order valence-corrected chi connectivity index (χ4v) is 6.19. The Hall–Kier alpha value is -2.06. The van der Waals surface area contributed by atoms with Crippen molar-refractivity contribution >= 4 is 11.8 Å². The molecule has 1 aromatic heterocycles. The maximum atomic E-state index is 13.3. The van der Waals surface area contributed by atoms with Crippen molar-refractivity contribution in [3.05, 3.63) is 23.8 Å². The van der Waals surface area contributed by atoms with Crippen molar-refractivity contribution in [1.29, 1.82) is 0 Å². The van der Waals surface area contributed by atoms with Crippen LogP contribution in [-0.2, 0) is 9.53 Å². The van der Waals surface area contributed by atoms with Gasteiger partial charge >= 0.3 is 0 Å². The fourth-order valence-electron chi connectivity index (χ4n) is 6.19. The van der Waals surface area contributed by atoms with Gasteiger partial charge in [-0.2, -0.15) is 0 Å². The van der Waals surface area contributed by atoms with Gasteiger partial charge in [0, 0.05) is 57.9 Å². The van der Waals surface area contributed by atoms with Crippen LogP contribution in [0.25, 0.3) is 0 Å². The summed E-state index contributed by atoms with van der Waals surface area (Å²) < 4.78 is 5.44. The van der Waals surface area contributed by atoms with Gasteiger partial charge in [-0.25, -0.2) is 4.98 Å². The SMILES string of the molecule is Cc1cnc(C(=O)N(CCC(=O)N2CC3(C)CC2CC(C)(C)C3)CCN2CCOCC2)cn1. The second kappa shape index (κ2) is 9.66. The largest absolute Gasteiger partial charge is 0.379 e. The number of carbonyl (C=O) groups is 2. The van der Waals surface area contributed by atoms with Crippen LogP contribution in [0.3, 0.4) is 0 Å². The summed E-state index contributed by atoms with van der Waals surface area (Å²) in [6, 6.07) is 0.326. The summed E-state index contributed by atoms with van der Waals surface area (Å²) in [5, 5.41) is 0. The van der Waals surface area contributed by atoms with Gasteiger partial charge in [-0.05, 0) is 37.0 Å². The summed E-state index contributed by atoms with van der Waals surface area (Å²) in [4.78, 5) is 41.2. The normalized spacial score (nSPS) is 26.9. The minimum Gasteiger partial charge on any atom is -0.379 e. The molecule has 0 radical (unpaired) electrons. The number of rotatable bonds is 7. The molecule has 2 aliphatic heterocycles. The van der Waals surface area contributed by atoms with Gasteiger partial charge in [0.1, 0.15) is 5.69 Å². The van der Waals surface area contributed by atoms with Crippen molar-refractivity contribution in [3.8, 4) is 0 Å². The van der Waals surface area contributed by atoms with Crippen LogP contribution in [-0.4, -0.2) is 95.0 Å². The first-order valence-corrected chi connectivity index (χ1v) is 12.3. The number of hydrogen-bond donors (Lipinski definition) is 0. The Morgan fingerprint density at radius 2 is 1.88 bits per heavy atom. The van der Waals surface area contributed by atoms with E-state index in [-0.39, 0.29) is 22.6 Å². The Balaban J connectivity index is 1.40. The second-order valence-corrected chi connectivity index (χ2v) is 11.3. The molecule has 2 amide bonds. The number of aryl methyl sites for hydroxylation is 1. The van der Waals surface area contributed by atoms with Gasteiger partial charge in [0.25, 0.3) is 5.91 Å².